The lowest BCUT2D eigenvalue weighted by molar-refractivity contribution is -0.122. The highest BCUT2D eigenvalue weighted by molar-refractivity contribution is 6.00. The maximum absolute atomic E-state index is 13.1. The quantitative estimate of drug-likeness (QED) is 0.459. The number of nitrogens with one attached hydrogen (secondary N) is 1. The Kier molecular flexibility index (Phi) is 9.98. The number of unbranched alkanes of at least 4 members (excludes halogenated alkanes) is 4. The van der Waals surface area contributed by atoms with Crippen molar-refractivity contribution in [1.82, 2.24) is 5.32 Å². The number of para-hydroxylation sites is 2. The van der Waals surface area contributed by atoms with Crippen LogP contribution in [-0.2, 0) is 9.59 Å². The minimum absolute atomic E-state index is 0.00210. The number of rotatable bonds is 12. The number of anilines is 2. The minimum atomic E-state index is -0.0162. The van der Waals surface area contributed by atoms with E-state index in [2.05, 4.69) is 12.2 Å². The summed E-state index contributed by atoms with van der Waals surface area (Å²) in [6, 6.07) is 19.3. The predicted molar refractivity (Wildman–Crippen MR) is 120 cm³/mol. The predicted octanol–water partition coefficient (Wildman–Crippen LogP) is 5.85. The van der Waals surface area contributed by atoms with E-state index >= 15 is 0 Å². The number of carbonyl (C=O) groups excluding carboxylic acids is 2. The molecule has 1 N–H and O–H groups in total. The molecule has 0 spiro atoms. The molecule has 4 heteroatoms. The lowest BCUT2D eigenvalue weighted by Crippen LogP contribution is -2.30. The fraction of sp³-hybridized carbons (Fsp3) is 0.440. The highest BCUT2D eigenvalue weighted by atomic mass is 16.2. The van der Waals surface area contributed by atoms with Crippen molar-refractivity contribution in [1.29, 1.82) is 0 Å². The molecule has 0 heterocycles. The van der Waals surface area contributed by atoms with Crippen LogP contribution in [0, 0.1) is 5.92 Å². The monoisotopic (exact) mass is 394 g/mol. The molecule has 0 aromatic heterocycles. The van der Waals surface area contributed by atoms with Gasteiger partial charge in [-0.05, 0) is 36.6 Å². The molecule has 0 fully saturated rings. The summed E-state index contributed by atoms with van der Waals surface area (Å²) >= 11 is 0. The van der Waals surface area contributed by atoms with Gasteiger partial charge in [0.1, 0.15) is 0 Å². The number of nitrogens with zero attached hydrogens (tertiary/aromatic N) is 1. The maximum Gasteiger partial charge on any atom is 0.231 e. The van der Waals surface area contributed by atoms with Crippen LogP contribution in [0.1, 0.15) is 58.8 Å². The van der Waals surface area contributed by atoms with Gasteiger partial charge < -0.3 is 5.32 Å². The molecule has 0 bridgehead atoms. The molecule has 4 nitrogen and oxygen atoms in total. The van der Waals surface area contributed by atoms with Gasteiger partial charge in [-0.3, -0.25) is 14.5 Å². The van der Waals surface area contributed by atoms with E-state index in [1.807, 2.05) is 67.6 Å². The summed E-state index contributed by atoms with van der Waals surface area (Å²) in [6.07, 6.45) is 6.59. The van der Waals surface area contributed by atoms with E-state index in [0.29, 0.717) is 12.8 Å². The molecule has 2 amide bonds. The van der Waals surface area contributed by atoms with Crippen LogP contribution in [0.2, 0.25) is 0 Å². The molecule has 0 radical (unpaired) electrons. The fourth-order valence-electron chi connectivity index (χ4n) is 3.40. The molecule has 0 saturated heterocycles. The lowest BCUT2D eigenvalue weighted by atomic mass is 10.0. The Bertz CT molecular complexity index is 692. The zero-order valence-corrected chi connectivity index (χ0v) is 17.8. The number of amides is 2. The zero-order chi connectivity index (χ0) is 20.9. The summed E-state index contributed by atoms with van der Waals surface area (Å²) in [5.41, 5.74) is 1.68. The van der Waals surface area contributed by atoms with Crippen LogP contribution >= 0.6 is 0 Å². The smallest absolute Gasteiger partial charge is 0.231 e. The summed E-state index contributed by atoms with van der Waals surface area (Å²) in [5.74, 6) is 0.0199. The second kappa shape index (κ2) is 12.8. The Hall–Kier alpha value is -2.62. The van der Waals surface area contributed by atoms with E-state index in [1.54, 1.807) is 4.90 Å². The van der Waals surface area contributed by atoms with Crippen molar-refractivity contribution < 1.29 is 9.59 Å². The molecule has 29 heavy (non-hydrogen) atoms. The Morgan fingerprint density at radius 3 is 1.93 bits per heavy atom. The summed E-state index contributed by atoms with van der Waals surface area (Å²) < 4.78 is 0. The van der Waals surface area contributed by atoms with E-state index in [0.717, 1.165) is 30.8 Å². The molecule has 0 aliphatic heterocycles. The summed E-state index contributed by atoms with van der Waals surface area (Å²) in [4.78, 5) is 27.0. The summed E-state index contributed by atoms with van der Waals surface area (Å²) in [7, 11) is 0. The van der Waals surface area contributed by atoms with Gasteiger partial charge in [0.05, 0.1) is 0 Å². The average Bonchev–Trinajstić information content (AvgIpc) is 2.72. The zero-order valence-electron chi connectivity index (χ0n) is 17.8. The third kappa shape index (κ3) is 8.10. The van der Waals surface area contributed by atoms with Crippen LogP contribution in [0.5, 0.6) is 0 Å². The van der Waals surface area contributed by atoms with Crippen molar-refractivity contribution in [2.75, 3.05) is 11.4 Å². The summed E-state index contributed by atoms with van der Waals surface area (Å²) in [5, 5.41) is 2.99. The van der Waals surface area contributed by atoms with E-state index in [1.165, 1.54) is 19.3 Å². The Labute approximate surface area is 175 Å². The van der Waals surface area contributed by atoms with Gasteiger partial charge in [-0.25, -0.2) is 0 Å². The van der Waals surface area contributed by atoms with Crippen LogP contribution < -0.4 is 10.2 Å². The molecular weight excluding hydrogens is 360 g/mol. The van der Waals surface area contributed by atoms with Crippen molar-refractivity contribution in [2.45, 2.75) is 58.8 Å². The van der Waals surface area contributed by atoms with E-state index in [9.17, 15) is 9.59 Å². The third-order valence-corrected chi connectivity index (χ3v) is 4.94. The van der Waals surface area contributed by atoms with Crippen molar-refractivity contribution in [3.05, 3.63) is 60.7 Å². The van der Waals surface area contributed by atoms with Gasteiger partial charge in [0.25, 0.3) is 0 Å². The second-order valence-electron chi connectivity index (χ2n) is 7.68. The Morgan fingerprint density at radius 1 is 0.828 bits per heavy atom. The topological polar surface area (TPSA) is 49.4 Å². The molecule has 156 valence electrons. The van der Waals surface area contributed by atoms with E-state index < -0.39 is 0 Å². The molecule has 0 aliphatic rings. The number of carbonyl (C=O) groups is 2. The Morgan fingerprint density at radius 2 is 1.38 bits per heavy atom. The first-order valence-corrected chi connectivity index (χ1v) is 10.8. The largest absolute Gasteiger partial charge is 0.356 e. The van der Waals surface area contributed by atoms with Crippen LogP contribution in [0.15, 0.2) is 60.7 Å². The van der Waals surface area contributed by atoms with Gasteiger partial charge in [-0.1, -0.05) is 75.9 Å². The highest BCUT2D eigenvalue weighted by Crippen LogP contribution is 2.27. The molecule has 2 rings (SSSR count). The van der Waals surface area contributed by atoms with Crippen molar-refractivity contribution >= 4 is 23.2 Å². The fourth-order valence-corrected chi connectivity index (χ4v) is 3.40. The normalized spacial score (nSPS) is 11.7. The van der Waals surface area contributed by atoms with Crippen LogP contribution in [-0.4, -0.2) is 18.4 Å². The SMILES string of the molecule is CCCCCCCNC(=O)CC(C)CC(=O)N(c1ccccc1)c1ccccc1. The highest BCUT2D eigenvalue weighted by Gasteiger charge is 2.21. The molecule has 0 saturated carbocycles. The van der Waals surface area contributed by atoms with Crippen molar-refractivity contribution in [2.24, 2.45) is 5.92 Å². The van der Waals surface area contributed by atoms with Gasteiger partial charge in [0.2, 0.25) is 11.8 Å². The molecule has 1 unspecified atom stereocenters. The average molecular weight is 395 g/mol. The third-order valence-electron chi connectivity index (χ3n) is 4.94. The van der Waals surface area contributed by atoms with Gasteiger partial charge in [0.15, 0.2) is 0 Å². The summed E-state index contributed by atoms with van der Waals surface area (Å²) in [6.45, 7) is 4.89. The molecule has 0 aliphatic carbocycles. The van der Waals surface area contributed by atoms with Gasteiger partial charge in [-0.2, -0.15) is 0 Å². The van der Waals surface area contributed by atoms with E-state index in [4.69, 9.17) is 0 Å². The first-order chi connectivity index (χ1) is 14.1. The maximum atomic E-state index is 13.1. The second-order valence-corrected chi connectivity index (χ2v) is 7.68. The van der Waals surface area contributed by atoms with Gasteiger partial charge in [0, 0.05) is 30.8 Å². The number of hydrogen-bond donors (Lipinski definition) is 1. The number of benzene rings is 2. The number of hydrogen-bond acceptors (Lipinski definition) is 2. The van der Waals surface area contributed by atoms with E-state index in [-0.39, 0.29) is 17.7 Å². The van der Waals surface area contributed by atoms with Crippen LogP contribution in [0.4, 0.5) is 11.4 Å². The molecule has 1 atom stereocenters. The Balaban J connectivity index is 1.88. The molecule has 2 aromatic rings. The first kappa shape index (κ1) is 22.7. The van der Waals surface area contributed by atoms with Crippen LogP contribution in [0.25, 0.3) is 0 Å². The van der Waals surface area contributed by atoms with Gasteiger partial charge in [-0.15, -0.1) is 0 Å². The van der Waals surface area contributed by atoms with Crippen molar-refractivity contribution in [3.8, 4) is 0 Å². The van der Waals surface area contributed by atoms with Crippen LogP contribution in [0.3, 0.4) is 0 Å². The van der Waals surface area contributed by atoms with Gasteiger partial charge >= 0.3 is 0 Å². The molecular formula is C25H34N2O2. The lowest BCUT2D eigenvalue weighted by Gasteiger charge is -2.24. The standard InChI is InChI=1S/C25H34N2O2/c1-3-4-5-6-13-18-26-24(28)19-21(2)20-25(29)27(22-14-9-7-10-15-22)23-16-11-8-12-17-23/h7-12,14-17,21H,3-6,13,18-20H2,1-2H3,(H,26,28). The minimum Gasteiger partial charge on any atom is -0.356 e. The van der Waals surface area contributed by atoms with Crippen molar-refractivity contribution in [3.63, 3.8) is 0 Å². The molecule has 2 aromatic carbocycles. The first-order valence-electron chi connectivity index (χ1n) is 10.8.